The minimum absolute atomic E-state index is 0.273. The molecule has 1 unspecified atom stereocenters. The van der Waals surface area contributed by atoms with E-state index in [2.05, 4.69) is 53.3 Å². The van der Waals surface area contributed by atoms with Gasteiger partial charge in [-0.15, -0.1) is 0 Å². The maximum absolute atomic E-state index is 9.92. The Balaban J connectivity index is 1.94. The molecule has 0 radical (unpaired) electrons. The fourth-order valence-corrected chi connectivity index (χ4v) is 3.85. The summed E-state index contributed by atoms with van der Waals surface area (Å²) in [6.45, 7) is 4.23. The largest absolute Gasteiger partial charge is 0.508 e. The molecule has 3 rings (SSSR count). The maximum Gasteiger partial charge on any atom is 0.119 e. The van der Waals surface area contributed by atoms with Crippen molar-refractivity contribution in [1.29, 1.82) is 0 Å². The average molecular weight is 332 g/mol. The lowest BCUT2D eigenvalue weighted by Gasteiger charge is -2.19. The molecule has 2 N–H and O–H groups in total. The van der Waals surface area contributed by atoms with E-state index in [4.69, 9.17) is 0 Å². The number of aryl methyl sites for hydroxylation is 2. The molecule has 2 aromatic carbocycles. The van der Waals surface area contributed by atoms with E-state index in [1.165, 1.54) is 16.7 Å². The van der Waals surface area contributed by atoms with Crippen molar-refractivity contribution in [2.24, 2.45) is 0 Å². The van der Waals surface area contributed by atoms with Gasteiger partial charge < -0.3 is 10.4 Å². The highest BCUT2D eigenvalue weighted by atomic mass is 79.9. The van der Waals surface area contributed by atoms with Gasteiger partial charge in [0.05, 0.1) is 11.7 Å². The number of benzene rings is 2. The van der Waals surface area contributed by atoms with E-state index in [9.17, 15) is 5.11 Å². The summed E-state index contributed by atoms with van der Waals surface area (Å²) < 4.78 is 1.10. The molecule has 0 spiro atoms. The molecule has 1 aliphatic rings. The lowest BCUT2D eigenvalue weighted by molar-refractivity contribution is 0.469. The first-order chi connectivity index (χ1) is 9.56. The Hall–Kier alpha value is -1.48. The van der Waals surface area contributed by atoms with Gasteiger partial charge in [0.2, 0.25) is 0 Å². The van der Waals surface area contributed by atoms with Crippen molar-refractivity contribution < 1.29 is 5.11 Å². The number of anilines is 1. The highest BCUT2D eigenvalue weighted by molar-refractivity contribution is 9.10. The van der Waals surface area contributed by atoms with Gasteiger partial charge in [0.1, 0.15) is 5.75 Å². The summed E-state index contributed by atoms with van der Waals surface area (Å²) in [5.41, 5.74) is 5.95. The van der Waals surface area contributed by atoms with Gasteiger partial charge >= 0.3 is 0 Å². The molecule has 0 bridgehead atoms. The van der Waals surface area contributed by atoms with E-state index in [0.717, 1.165) is 28.6 Å². The fourth-order valence-electron chi connectivity index (χ4n) is 3.06. The van der Waals surface area contributed by atoms with Crippen molar-refractivity contribution in [2.45, 2.75) is 32.7 Å². The predicted molar refractivity (Wildman–Crippen MR) is 86.4 cm³/mol. The molecule has 20 heavy (non-hydrogen) atoms. The first-order valence-corrected chi connectivity index (χ1v) is 7.69. The van der Waals surface area contributed by atoms with Gasteiger partial charge in [-0.2, -0.15) is 0 Å². The average Bonchev–Trinajstić information content (AvgIpc) is 2.78. The summed E-state index contributed by atoms with van der Waals surface area (Å²) in [6, 6.07) is 10.4. The zero-order chi connectivity index (χ0) is 14.3. The zero-order valence-electron chi connectivity index (χ0n) is 11.7. The van der Waals surface area contributed by atoms with Gasteiger partial charge in [-0.05, 0) is 77.0 Å². The summed E-state index contributed by atoms with van der Waals surface area (Å²) in [6.07, 6.45) is 1.95. The van der Waals surface area contributed by atoms with E-state index in [1.807, 2.05) is 6.07 Å². The number of phenolic OH excluding ortho intramolecular Hbond substituents is 1. The molecule has 0 saturated carbocycles. The molecule has 1 aliphatic carbocycles. The molecular weight excluding hydrogens is 314 g/mol. The van der Waals surface area contributed by atoms with Crippen LogP contribution in [-0.2, 0) is 6.42 Å². The van der Waals surface area contributed by atoms with Gasteiger partial charge in [0.25, 0.3) is 0 Å². The maximum atomic E-state index is 9.92. The number of rotatable bonds is 2. The van der Waals surface area contributed by atoms with E-state index in [0.29, 0.717) is 5.75 Å². The monoisotopic (exact) mass is 331 g/mol. The van der Waals surface area contributed by atoms with E-state index in [-0.39, 0.29) is 6.04 Å². The van der Waals surface area contributed by atoms with Crippen molar-refractivity contribution in [2.75, 3.05) is 5.32 Å². The van der Waals surface area contributed by atoms with Crippen molar-refractivity contribution in [3.63, 3.8) is 0 Å². The quantitative estimate of drug-likeness (QED) is 0.822. The summed E-state index contributed by atoms with van der Waals surface area (Å²) in [5, 5.41) is 13.6. The van der Waals surface area contributed by atoms with Crippen LogP contribution in [0.2, 0.25) is 0 Å². The number of halogens is 1. The molecule has 2 aromatic rings. The molecular formula is C17H18BrNO. The lowest BCUT2D eigenvalue weighted by Crippen LogP contribution is -2.09. The van der Waals surface area contributed by atoms with Crippen molar-refractivity contribution in [3.05, 3.63) is 57.1 Å². The highest BCUT2D eigenvalue weighted by Crippen LogP contribution is 2.40. The fraction of sp³-hybridized carbons (Fsp3) is 0.294. The second kappa shape index (κ2) is 5.13. The summed E-state index contributed by atoms with van der Waals surface area (Å²) >= 11 is 3.65. The number of phenols is 1. The number of nitrogens with one attached hydrogen (secondary N) is 1. The minimum atomic E-state index is 0.273. The van der Waals surface area contributed by atoms with Crippen LogP contribution in [-0.4, -0.2) is 5.11 Å². The Morgan fingerprint density at radius 3 is 2.80 bits per heavy atom. The molecule has 0 aliphatic heterocycles. The van der Waals surface area contributed by atoms with E-state index < -0.39 is 0 Å². The lowest BCUT2D eigenvalue weighted by atomic mass is 10.1. The van der Waals surface area contributed by atoms with Gasteiger partial charge in [0.15, 0.2) is 0 Å². The molecule has 3 heteroatoms. The molecule has 0 heterocycles. The third-order valence-electron chi connectivity index (χ3n) is 4.00. The first kappa shape index (κ1) is 13.5. The molecule has 2 nitrogen and oxygen atoms in total. The minimum Gasteiger partial charge on any atom is -0.508 e. The van der Waals surface area contributed by atoms with Crippen LogP contribution < -0.4 is 5.32 Å². The van der Waals surface area contributed by atoms with Crippen molar-refractivity contribution >= 4 is 21.6 Å². The number of hydrogen-bond donors (Lipinski definition) is 2. The SMILES string of the molecule is Cc1cc(C)c(NC2CCc3c(O)cccc32)c(Br)c1. The van der Waals surface area contributed by atoms with Crippen LogP contribution in [0.3, 0.4) is 0 Å². The Kier molecular flexibility index (Phi) is 3.47. The third kappa shape index (κ3) is 2.31. The highest BCUT2D eigenvalue weighted by Gasteiger charge is 2.25. The van der Waals surface area contributed by atoms with E-state index >= 15 is 0 Å². The number of aromatic hydroxyl groups is 1. The summed E-state index contributed by atoms with van der Waals surface area (Å²) in [5.74, 6) is 0.423. The molecule has 104 valence electrons. The van der Waals surface area contributed by atoms with Gasteiger partial charge in [-0.3, -0.25) is 0 Å². The molecule has 0 aromatic heterocycles. The second-order valence-electron chi connectivity index (χ2n) is 5.52. The van der Waals surface area contributed by atoms with Crippen molar-refractivity contribution in [3.8, 4) is 5.75 Å². The van der Waals surface area contributed by atoms with Crippen molar-refractivity contribution in [1.82, 2.24) is 0 Å². The summed E-state index contributed by atoms with van der Waals surface area (Å²) in [4.78, 5) is 0. The summed E-state index contributed by atoms with van der Waals surface area (Å²) in [7, 11) is 0. The predicted octanol–water partition coefficient (Wildman–Crippen LogP) is 4.87. The van der Waals surface area contributed by atoms with Crippen LogP contribution in [0.1, 0.15) is 34.7 Å². The molecule has 0 amide bonds. The molecule has 0 fully saturated rings. The topological polar surface area (TPSA) is 32.3 Å². The first-order valence-electron chi connectivity index (χ1n) is 6.90. The Labute approximate surface area is 128 Å². The normalized spacial score (nSPS) is 17.1. The standard InChI is InChI=1S/C17H18BrNO/c1-10-8-11(2)17(14(18)9-10)19-15-7-6-13-12(15)4-3-5-16(13)20/h3-5,8-9,15,19-20H,6-7H2,1-2H3. The second-order valence-corrected chi connectivity index (χ2v) is 6.37. The van der Waals surface area contributed by atoms with Crippen LogP contribution in [0.5, 0.6) is 5.75 Å². The third-order valence-corrected chi connectivity index (χ3v) is 4.62. The van der Waals surface area contributed by atoms with Gasteiger partial charge in [-0.25, -0.2) is 0 Å². The van der Waals surface area contributed by atoms with Gasteiger partial charge in [0, 0.05) is 4.47 Å². The van der Waals surface area contributed by atoms with E-state index in [1.54, 1.807) is 6.07 Å². The van der Waals surface area contributed by atoms with Crippen LogP contribution in [0.15, 0.2) is 34.8 Å². The Morgan fingerprint density at radius 1 is 1.25 bits per heavy atom. The molecule has 0 saturated heterocycles. The number of fused-ring (bicyclic) bond motifs is 1. The number of hydrogen-bond acceptors (Lipinski definition) is 2. The van der Waals surface area contributed by atoms with Crippen LogP contribution >= 0.6 is 15.9 Å². The smallest absolute Gasteiger partial charge is 0.119 e. The van der Waals surface area contributed by atoms with Crippen LogP contribution in [0.25, 0.3) is 0 Å². The van der Waals surface area contributed by atoms with Crippen LogP contribution in [0.4, 0.5) is 5.69 Å². The Bertz CT molecular complexity index is 643. The Morgan fingerprint density at radius 2 is 2.05 bits per heavy atom. The molecule has 1 atom stereocenters. The zero-order valence-corrected chi connectivity index (χ0v) is 13.3. The van der Waals surface area contributed by atoms with Gasteiger partial charge in [-0.1, -0.05) is 18.2 Å². The van der Waals surface area contributed by atoms with Crippen LogP contribution in [0, 0.1) is 13.8 Å².